The number of halogens is 1. The molecule has 3 heteroatoms. The minimum absolute atomic E-state index is 0.352. The maximum Gasteiger partial charge on any atom is 0.262 e. The second kappa shape index (κ2) is 5.08. The molecule has 0 bridgehead atoms. The molecule has 0 radical (unpaired) electrons. The topological polar surface area (TPSA) is 32.8 Å². The Morgan fingerprint density at radius 2 is 2.00 bits per heavy atom. The predicted octanol–water partition coefficient (Wildman–Crippen LogP) is 2.79. The fraction of sp³-hybridized carbons (Fsp3) is 1.00. The van der Waals surface area contributed by atoms with E-state index in [9.17, 15) is 9.50 Å². The largest absolute Gasteiger partial charge is 0.387 e. The summed E-state index contributed by atoms with van der Waals surface area (Å²) in [6.07, 6.45) is 3.81. The van der Waals surface area contributed by atoms with E-state index in [0.29, 0.717) is 6.42 Å². The molecule has 1 saturated heterocycles. The van der Waals surface area contributed by atoms with Crippen LogP contribution in [-0.2, 0) is 4.74 Å². The number of hydrogen-bond acceptors (Lipinski definition) is 2. The summed E-state index contributed by atoms with van der Waals surface area (Å²) in [7, 11) is 0. The molecule has 1 rings (SSSR count). The van der Waals surface area contributed by atoms with Gasteiger partial charge in [-0.2, -0.15) is 0 Å². The Bertz CT molecular complexity index is 175. The molecule has 2 nitrogen and oxygen atoms in total. The van der Waals surface area contributed by atoms with Crippen LogP contribution in [0.5, 0.6) is 0 Å². The van der Waals surface area contributed by atoms with Crippen LogP contribution >= 0.6 is 0 Å². The summed E-state index contributed by atoms with van der Waals surface area (Å²) in [5, 5.41) is 9.55. The molecule has 0 spiro atoms. The molecular formula is C11H21FO2. The molecule has 3 atom stereocenters. The summed E-state index contributed by atoms with van der Waals surface area (Å²) in [6.45, 7) is 4.09. The van der Waals surface area contributed by atoms with Crippen LogP contribution in [0.1, 0.15) is 52.4 Å². The zero-order valence-corrected chi connectivity index (χ0v) is 9.13. The van der Waals surface area contributed by atoms with Gasteiger partial charge in [0.2, 0.25) is 0 Å². The van der Waals surface area contributed by atoms with Crippen LogP contribution in [0.15, 0.2) is 0 Å². The number of aliphatic hydroxyl groups excluding tert-OH is 1. The fourth-order valence-electron chi connectivity index (χ4n) is 1.72. The first kappa shape index (κ1) is 11.9. The minimum Gasteiger partial charge on any atom is -0.387 e. The summed E-state index contributed by atoms with van der Waals surface area (Å²) in [4.78, 5) is 0. The van der Waals surface area contributed by atoms with E-state index in [-0.39, 0.29) is 6.10 Å². The van der Waals surface area contributed by atoms with Crippen LogP contribution in [0, 0.1) is 0 Å². The number of ether oxygens (including phenoxy) is 1. The van der Waals surface area contributed by atoms with Crippen molar-refractivity contribution in [3.8, 4) is 0 Å². The van der Waals surface area contributed by atoms with Gasteiger partial charge in [0, 0.05) is 0 Å². The van der Waals surface area contributed by atoms with Gasteiger partial charge >= 0.3 is 0 Å². The lowest BCUT2D eigenvalue weighted by Gasteiger charge is -2.11. The van der Waals surface area contributed by atoms with E-state index in [1.165, 1.54) is 0 Å². The normalized spacial score (nSPS) is 33.0. The summed E-state index contributed by atoms with van der Waals surface area (Å²) in [6, 6.07) is 0. The standard InChI is InChI=1S/C11H21FO2/c1-3-5-7-9(13)11(12)10(14-11)8-6-4-2/h9-10,13H,3-8H2,1-2H3/t9-,10-,11-/m0/s1. The summed E-state index contributed by atoms with van der Waals surface area (Å²) in [5.41, 5.74) is 0. The van der Waals surface area contributed by atoms with Crippen molar-refractivity contribution < 1.29 is 14.2 Å². The molecule has 0 aliphatic carbocycles. The highest BCUT2D eigenvalue weighted by Gasteiger charge is 2.61. The Labute approximate surface area is 85.5 Å². The van der Waals surface area contributed by atoms with Gasteiger partial charge in [-0.25, -0.2) is 4.39 Å². The predicted molar refractivity (Wildman–Crippen MR) is 53.8 cm³/mol. The summed E-state index contributed by atoms with van der Waals surface area (Å²) in [5.74, 6) is -1.72. The van der Waals surface area contributed by atoms with Crippen LogP contribution < -0.4 is 0 Å². The molecule has 14 heavy (non-hydrogen) atoms. The molecule has 0 aromatic rings. The van der Waals surface area contributed by atoms with Crippen molar-refractivity contribution >= 4 is 0 Å². The van der Waals surface area contributed by atoms with Gasteiger partial charge < -0.3 is 9.84 Å². The molecule has 0 amide bonds. The highest BCUT2D eigenvalue weighted by molar-refractivity contribution is 4.98. The molecule has 1 fully saturated rings. The first-order valence-electron chi connectivity index (χ1n) is 5.70. The monoisotopic (exact) mass is 204 g/mol. The number of rotatable bonds is 7. The molecule has 0 saturated carbocycles. The molecule has 0 aromatic carbocycles. The zero-order chi connectivity index (χ0) is 10.6. The van der Waals surface area contributed by atoms with E-state index in [2.05, 4.69) is 6.92 Å². The van der Waals surface area contributed by atoms with Gasteiger partial charge in [-0.15, -0.1) is 0 Å². The maximum atomic E-state index is 13.7. The Morgan fingerprint density at radius 1 is 1.36 bits per heavy atom. The quantitative estimate of drug-likeness (QED) is 0.647. The smallest absolute Gasteiger partial charge is 0.262 e. The summed E-state index contributed by atoms with van der Waals surface area (Å²) >= 11 is 0. The third-order valence-electron chi connectivity index (χ3n) is 2.81. The van der Waals surface area contributed by atoms with Crippen LogP contribution in [0.2, 0.25) is 0 Å². The number of epoxide rings is 1. The van der Waals surface area contributed by atoms with Crippen LogP contribution in [0.3, 0.4) is 0 Å². The molecule has 1 aliphatic rings. The molecule has 1 N–H and O–H groups in total. The molecule has 0 unspecified atom stereocenters. The lowest BCUT2D eigenvalue weighted by molar-refractivity contribution is -0.0147. The van der Waals surface area contributed by atoms with Gasteiger partial charge in [-0.1, -0.05) is 39.5 Å². The van der Waals surface area contributed by atoms with Gasteiger partial charge in [0.25, 0.3) is 5.85 Å². The van der Waals surface area contributed by atoms with Gasteiger partial charge in [-0.3, -0.25) is 0 Å². The average Bonchev–Trinajstić information content (AvgIpc) is 2.84. The Hall–Kier alpha value is -0.150. The Morgan fingerprint density at radius 3 is 2.57 bits per heavy atom. The third-order valence-corrected chi connectivity index (χ3v) is 2.81. The molecule has 0 aromatic heterocycles. The highest BCUT2D eigenvalue weighted by atomic mass is 19.2. The number of aliphatic hydroxyl groups is 1. The molecule has 1 heterocycles. The van der Waals surface area contributed by atoms with Crippen molar-refractivity contribution in [2.24, 2.45) is 0 Å². The second-order valence-corrected chi connectivity index (χ2v) is 4.10. The van der Waals surface area contributed by atoms with Gasteiger partial charge in [0.15, 0.2) is 0 Å². The first-order chi connectivity index (χ1) is 6.65. The average molecular weight is 204 g/mol. The van der Waals surface area contributed by atoms with Gasteiger partial charge in [0.1, 0.15) is 12.2 Å². The SMILES string of the molecule is CCCC[C@@H]1O[C@@]1(F)[C@@H](O)CCCC. The lowest BCUT2D eigenvalue weighted by atomic mass is 10.0. The third kappa shape index (κ3) is 2.67. The van der Waals surface area contributed by atoms with Gasteiger partial charge in [-0.05, 0) is 12.8 Å². The van der Waals surface area contributed by atoms with Gasteiger partial charge in [0.05, 0.1) is 0 Å². The van der Waals surface area contributed by atoms with E-state index < -0.39 is 12.0 Å². The van der Waals surface area contributed by atoms with Crippen LogP contribution in [0.4, 0.5) is 4.39 Å². The Balaban J connectivity index is 2.23. The van der Waals surface area contributed by atoms with E-state index in [4.69, 9.17) is 4.74 Å². The van der Waals surface area contributed by atoms with E-state index in [1.54, 1.807) is 0 Å². The summed E-state index contributed by atoms with van der Waals surface area (Å²) < 4.78 is 18.7. The first-order valence-corrected chi connectivity index (χ1v) is 5.70. The van der Waals surface area contributed by atoms with Crippen molar-refractivity contribution in [3.63, 3.8) is 0 Å². The van der Waals surface area contributed by atoms with E-state index in [0.717, 1.165) is 32.1 Å². The molecule has 84 valence electrons. The maximum absolute atomic E-state index is 13.7. The highest BCUT2D eigenvalue weighted by Crippen LogP contribution is 2.45. The van der Waals surface area contributed by atoms with Crippen molar-refractivity contribution in [1.29, 1.82) is 0 Å². The number of hydrogen-bond donors (Lipinski definition) is 1. The molecular weight excluding hydrogens is 183 g/mol. The molecule has 1 aliphatic heterocycles. The van der Waals surface area contributed by atoms with Crippen molar-refractivity contribution in [3.05, 3.63) is 0 Å². The van der Waals surface area contributed by atoms with Crippen molar-refractivity contribution in [2.75, 3.05) is 0 Å². The number of alkyl halides is 1. The van der Waals surface area contributed by atoms with Crippen LogP contribution in [0.25, 0.3) is 0 Å². The van der Waals surface area contributed by atoms with E-state index >= 15 is 0 Å². The fourth-order valence-corrected chi connectivity index (χ4v) is 1.72. The van der Waals surface area contributed by atoms with Crippen molar-refractivity contribution in [2.45, 2.75) is 70.4 Å². The van der Waals surface area contributed by atoms with Crippen molar-refractivity contribution in [1.82, 2.24) is 0 Å². The number of unbranched alkanes of at least 4 members (excludes halogenated alkanes) is 2. The Kier molecular flexibility index (Phi) is 4.32. The zero-order valence-electron chi connectivity index (χ0n) is 9.13. The van der Waals surface area contributed by atoms with E-state index in [1.807, 2.05) is 6.92 Å². The second-order valence-electron chi connectivity index (χ2n) is 4.10. The van der Waals surface area contributed by atoms with Crippen LogP contribution in [-0.4, -0.2) is 23.2 Å². The lowest BCUT2D eigenvalue weighted by Crippen LogP contribution is -2.27. The minimum atomic E-state index is -1.72.